The third-order valence-electron chi connectivity index (χ3n) is 3.69. The summed E-state index contributed by atoms with van der Waals surface area (Å²) in [6.45, 7) is 5.29. The van der Waals surface area contributed by atoms with Gasteiger partial charge in [0.25, 0.3) is 5.91 Å². The number of morpholine rings is 2. The molecule has 0 aromatic carbocycles. The van der Waals surface area contributed by atoms with E-state index in [1.54, 1.807) is 11.3 Å². The molecule has 0 bridgehead atoms. The topological polar surface area (TPSA) is 50.8 Å². The van der Waals surface area contributed by atoms with Crippen molar-refractivity contribution in [1.82, 2.24) is 10.2 Å². The molecule has 0 unspecified atom stereocenters. The van der Waals surface area contributed by atoms with Gasteiger partial charge >= 0.3 is 0 Å². The fourth-order valence-electron chi connectivity index (χ4n) is 2.70. The number of hydrogen-bond donors (Lipinski definition) is 1. The predicted molar refractivity (Wildman–Crippen MR) is 76.8 cm³/mol. The fourth-order valence-corrected chi connectivity index (χ4v) is 3.40. The number of rotatable bonds is 2. The number of ether oxygens (including phenoxy) is 2. The van der Waals surface area contributed by atoms with Gasteiger partial charge in [0.1, 0.15) is 12.2 Å². The zero-order valence-corrected chi connectivity index (χ0v) is 12.4. The highest BCUT2D eigenvalue weighted by Crippen LogP contribution is 2.27. The lowest BCUT2D eigenvalue weighted by Gasteiger charge is -2.38. The standard InChI is InChI=1S/C14H20N2O3S/c1-10-7-16(14(17)12-6-15-3-4-18-12)8-13(19-10)11-2-5-20-9-11/h2,5,9-10,12-13,15H,3-4,6-8H2,1H3/t10-,12+,13-/m1/s1. The molecule has 1 aromatic heterocycles. The molecule has 6 heteroatoms. The molecule has 0 saturated carbocycles. The van der Waals surface area contributed by atoms with E-state index in [-0.39, 0.29) is 24.2 Å². The Morgan fingerprint density at radius 1 is 1.50 bits per heavy atom. The van der Waals surface area contributed by atoms with Crippen molar-refractivity contribution < 1.29 is 14.3 Å². The van der Waals surface area contributed by atoms with Crippen LogP contribution in [0.5, 0.6) is 0 Å². The van der Waals surface area contributed by atoms with Gasteiger partial charge in [-0.3, -0.25) is 4.79 Å². The molecule has 2 saturated heterocycles. The second-order valence-corrected chi connectivity index (χ2v) is 6.08. The van der Waals surface area contributed by atoms with Gasteiger partial charge in [-0.1, -0.05) is 0 Å². The number of thiophene rings is 1. The summed E-state index contributed by atoms with van der Waals surface area (Å²) in [7, 11) is 0. The van der Waals surface area contributed by atoms with Gasteiger partial charge in [-0.15, -0.1) is 0 Å². The first-order valence-corrected chi connectivity index (χ1v) is 7.97. The Labute approximate surface area is 122 Å². The van der Waals surface area contributed by atoms with Crippen LogP contribution >= 0.6 is 11.3 Å². The Morgan fingerprint density at radius 3 is 3.10 bits per heavy atom. The number of nitrogens with one attached hydrogen (secondary N) is 1. The average Bonchev–Trinajstić information content (AvgIpc) is 3.01. The maximum atomic E-state index is 12.5. The molecule has 2 fully saturated rings. The van der Waals surface area contributed by atoms with Crippen molar-refractivity contribution in [2.45, 2.75) is 25.2 Å². The molecule has 3 heterocycles. The predicted octanol–water partition coefficient (Wildman–Crippen LogP) is 1.02. The Kier molecular flexibility index (Phi) is 4.35. The van der Waals surface area contributed by atoms with Crippen molar-refractivity contribution in [3.63, 3.8) is 0 Å². The number of nitrogens with zero attached hydrogens (tertiary/aromatic N) is 1. The van der Waals surface area contributed by atoms with Crippen LogP contribution < -0.4 is 5.32 Å². The zero-order valence-electron chi connectivity index (χ0n) is 11.6. The van der Waals surface area contributed by atoms with E-state index in [0.717, 1.165) is 12.1 Å². The van der Waals surface area contributed by atoms with Gasteiger partial charge in [0.15, 0.2) is 0 Å². The molecule has 1 aromatic rings. The fraction of sp³-hybridized carbons (Fsp3) is 0.643. The van der Waals surface area contributed by atoms with Crippen molar-refractivity contribution in [3.8, 4) is 0 Å². The maximum Gasteiger partial charge on any atom is 0.253 e. The summed E-state index contributed by atoms with van der Waals surface area (Å²) in [5, 5.41) is 7.33. The molecule has 2 aliphatic rings. The summed E-state index contributed by atoms with van der Waals surface area (Å²) >= 11 is 1.65. The van der Waals surface area contributed by atoms with E-state index >= 15 is 0 Å². The molecule has 3 atom stereocenters. The first kappa shape index (κ1) is 14.0. The normalized spacial score (nSPS) is 31.2. The monoisotopic (exact) mass is 296 g/mol. The third kappa shape index (κ3) is 3.03. The second kappa shape index (κ2) is 6.22. The summed E-state index contributed by atoms with van der Waals surface area (Å²) < 4.78 is 11.5. The molecule has 1 amide bonds. The van der Waals surface area contributed by atoms with Crippen LogP contribution in [0.4, 0.5) is 0 Å². The minimum absolute atomic E-state index is 0.0227. The lowest BCUT2D eigenvalue weighted by Crippen LogP contribution is -2.54. The molecule has 0 radical (unpaired) electrons. The summed E-state index contributed by atoms with van der Waals surface area (Å²) in [6, 6.07) is 2.06. The van der Waals surface area contributed by atoms with Gasteiger partial charge in [-0.25, -0.2) is 0 Å². The number of carbonyl (C=O) groups is 1. The Hall–Kier alpha value is -0.950. The Bertz CT molecular complexity index is 445. The molecule has 0 spiro atoms. The Balaban J connectivity index is 1.67. The van der Waals surface area contributed by atoms with Crippen LogP contribution in [0.15, 0.2) is 16.8 Å². The van der Waals surface area contributed by atoms with E-state index in [0.29, 0.717) is 26.2 Å². The zero-order chi connectivity index (χ0) is 13.9. The highest BCUT2D eigenvalue weighted by molar-refractivity contribution is 7.07. The number of hydrogen-bond acceptors (Lipinski definition) is 5. The lowest BCUT2D eigenvalue weighted by molar-refractivity contribution is -0.157. The van der Waals surface area contributed by atoms with Crippen LogP contribution in [0.2, 0.25) is 0 Å². The number of amides is 1. The molecular formula is C14H20N2O3S. The first-order chi connectivity index (χ1) is 9.74. The molecular weight excluding hydrogens is 276 g/mol. The Morgan fingerprint density at radius 2 is 2.40 bits per heavy atom. The van der Waals surface area contributed by atoms with Crippen molar-refractivity contribution in [3.05, 3.63) is 22.4 Å². The van der Waals surface area contributed by atoms with E-state index in [1.165, 1.54) is 0 Å². The van der Waals surface area contributed by atoms with Crippen LogP contribution in [0.3, 0.4) is 0 Å². The molecule has 2 aliphatic heterocycles. The average molecular weight is 296 g/mol. The van der Waals surface area contributed by atoms with Gasteiger partial charge in [-0.05, 0) is 29.3 Å². The quantitative estimate of drug-likeness (QED) is 0.885. The third-order valence-corrected chi connectivity index (χ3v) is 4.39. The van der Waals surface area contributed by atoms with Gasteiger partial charge in [-0.2, -0.15) is 11.3 Å². The van der Waals surface area contributed by atoms with E-state index in [9.17, 15) is 4.79 Å². The smallest absolute Gasteiger partial charge is 0.253 e. The summed E-state index contributed by atoms with van der Waals surface area (Å²) in [6.07, 6.45) is -0.322. The van der Waals surface area contributed by atoms with Crippen LogP contribution in [0, 0.1) is 0 Å². The summed E-state index contributed by atoms with van der Waals surface area (Å²) in [5.74, 6) is 0.0765. The first-order valence-electron chi connectivity index (χ1n) is 7.02. The van der Waals surface area contributed by atoms with E-state index in [4.69, 9.17) is 9.47 Å². The minimum Gasteiger partial charge on any atom is -0.367 e. The largest absolute Gasteiger partial charge is 0.367 e. The molecule has 20 heavy (non-hydrogen) atoms. The van der Waals surface area contributed by atoms with Crippen molar-refractivity contribution >= 4 is 17.2 Å². The van der Waals surface area contributed by atoms with Crippen LogP contribution in [0.25, 0.3) is 0 Å². The SMILES string of the molecule is C[C@@H]1CN(C(=O)[C@@H]2CNCCO2)C[C@H](c2ccsc2)O1. The highest BCUT2D eigenvalue weighted by atomic mass is 32.1. The van der Waals surface area contributed by atoms with Crippen molar-refractivity contribution in [2.24, 2.45) is 0 Å². The minimum atomic E-state index is -0.350. The van der Waals surface area contributed by atoms with E-state index in [2.05, 4.69) is 16.8 Å². The maximum absolute atomic E-state index is 12.5. The summed E-state index contributed by atoms with van der Waals surface area (Å²) in [5.41, 5.74) is 1.15. The van der Waals surface area contributed by atoms with Gasteiger partial charge in [0.2, 0.25) is 0 Å². The highest BCUT2D eigenvalue weighted by Gasteiger charge is 2.33. The number of carbonyl (C=O) groups excluding carboxylic acids is 1. The van der Waals surface area contributed by atoms with Crippen LogP contribution in [0.1, 0.15) is 18.6 Å². The molecule has 5 nitrogen and oxygen atoms in total. The van der Waals surface area contributed by atoms with Crippen LogP contribution in [-0.4, -0.2) is 55.8 Å². The van der Waals surface area contributed by atoms with Crippen molar-refractivity contribution in [2.75, 3.05) is 32.8 Å². The van der Waals surface area contributed by atoms with E-state index in [1.807, 2.05) is 17.2 Å². The second-order valence-electron chi connectivity index (χ2n) is 5.30. The molecule has 3 rings (SSSR count). The summed E-state index contributed by atoms with van der Waals surface area (Å²) in [4.78, 5) is 14.4. The van der Waals surface area contributed by atoms with Gasteiger partial charge in [0.05, 0.1) is 19.3 Å². The molecule has 110 valence electrons. The van der Waals surface area contributed by atoms with Crippen LogP contribution in [-0.2, 0) is 14.3 Å². The van der Waals surface area contributed by atoms with Gasteiger partial charge < -0.3 is 19.7 Å². The van der Waals surface area contributed by atoms with Gasteiger partial charge in [0, 0.05) is 19.6 Å². The molecule has 1 N–H and O–H groups in total. The lowest BCUT2D eigenvalue weighted by atomic mass is 10.1. The molecule has 0 aliphatic carbocycles. The van der Waals surface area contributed by atoms with Crippen molar-refractivity contribution in [1.29, 1.82) is 0 Å². The van der Waals surface area contributed by atoms with E-state index < -0.39 is 0 Å².